The molecule has 0 bridgehead atoms. The van der Waals surface area contributed by atoms with Crippen molar-refractivity contribution in [1.29, 1.82) is 0 Å². The van der Waals surface area contributed by atoms with Crippen molar-refractivity contribution in [1.82, 2.24) is 0 Å². The Morgan fingerprint density at radius 1 is 1.11 bits per heavy atom. The molecular formula is C20H12Br2O5. The van der Waals surface area contributed by atoms with Crippen LogP contribution in [-0.4, -0.2) is 33.6 Å². The summed E-state index contributed by atoms with van der Waals surface area (Å²) in [6, 6.07) is 6.70. The van der Waals surface area contributed by atoms with Gasteiger partial charge in [0.25, 0.3) is 0 Å². The van der Waals surface area contributed by atoms with Gasteiger partial charge in [0, 0.05) is 11.5 Å². The first-order valence-corrected chi connectivity index (χ1v) is 9.83. The van der Waals surface area contributed by atoms with E-state index in [9.17, 15) is 19.5 Å². The molecule has 0 aromatic heterocycles. The number of alkyl halides is 1. The smallest absolute Gasteiger partial charge is 0.336 e. The third-order valence-electron chi connectivity index (χ3n) is 4.77. The maximum atomic E-state index is 12.1. The number of aromatic carboxylic acids is 1. The van der Waals surface area contributed by atoms with Crippen molar-refractivity contribution in [2.24, 2.45) is 5.92 Å². The molecule has 27 heavy (non-hydrogen) atoms. The van der Waals surface area contributed by atoms with Gasteiger partial charge in [-0.25, -0.2) is 4.79 Å². The lowest BCUT2D eigenvalue weighted by atomic mass is 9.76. The summed E-state index contributed by atoms with van der Waals surface area (Å²) in [5.41, 5.74) is 2.04. The summed E-state index contributed by atoms with van der Waals surface area (Å²) in [5.74, 6) is -1.45. The van der Waals surface area contributed by atoms with Crippen LogP contribution in [0.1, 0.15) is 15.9 Å². The lowest BCUT2D eigenvalue weighted by Crippen LogP contribution is -2.43. The molecule has 1 aliphatic heterocycles. The molecule has 0 amide bonds. The summed E-state index contributed by atoms with van der Waals surface area (Å²) in [7, 11) is 0. The molecule has 0 fully saturated rings. The van der Waals surface area contributed by atoms with Gasteiger partial charge in [0.05, 0.1) is 5.56 Å². The van der Waals surface area contributed by atoms with Crippen molar-refractivity contribution < 1.29 is 24.2 Å². The fourth-order valence-corrected chi connectivity index (χ4v) is 4.58. The van der Waals surface area contributed by atoms with E-state index in [1.165, 1.54) is 18.2 Å². The number of hydrogen-bond acceptors (Lipinski definition) is 4. The van der Waals surface area contributed by atoms with Crippen molar-refractivity contribution in [2.75, 3.05) is 0 Å². The third-order valence-corrected chi connectivity index (χ3v) is 6.49. The van der Waals surface area contributed by atoms with Crippen molar-refractivity contribution in [3.8, 4) is 0 Å². The summed E-state index contributed by atoms with van der Waals surface area (Å²) >= 11 is 6.67. The minimum absolute atomic E-state index is 0.139. The second kappa shape index (κ2) is 6.73. The van der Waals surface area contributed by atoms with Gasteiger partial charge in [0.15, 0.2) is 11.6 Å². The zero-order valence-corrected chi connectivity index (χ0v) is 16.9. The standard InChI is InChI=1S/C20H12Br2O5/c21-16-13(23)7-5-11-15(9-3-1-2-4-10(9)20(25)26)12-6-8-14(24)17(22)19(12)27-18(11)16/h1-8,11,16,18H,(H,25,26). The van der Waals surface area contributed by atoms with Gasteiger partial charge in [-0.2, -0.15) is 0 Å². The van der Waals surface area contributed by atoms with Crippen LogP contribution in [0.2, 0.25) is 0 Å². The van der Waals surface area contributed by atoms with Crippen LogP contribution in [0.15, 0.2) is 64.4 Å². The highest BCUT2D eigenvalue weighted by molar-refractivity contribution is 9.12. The van der Waals surface area contributed by atoms with Crippen LogP contribution in [0.3, 0.4) is 0 Å². The summed E-state index contributed by atoms with van der Waals surface area (Å²) in [4.78, 5) is 35.4. The maximum absolute atomic E-state index is 12.1. The number of fused-ring (bicyclic) bond motifs is 2. The molecule has 1 N–H and O–H groups in total. The summed E-state index contributed by atoms with van der Waals surface area (Å²) in [6.45, 7) is 0. The second-order valence-electron chi connectivity index (χ2n) is 6.29. The number of carbonyl (C=O) groups excluding carboxylic acids is 2. The Balaban J connectivity index is 2.04. The highest BCUT2D eigenvalue weighted by Crippen LogP contribution is 2.47. The van der Waals surface area contributed by atoms with E-state index in [-0.39, 0.29) is 27.5 Å². The Hall–Kier alpha value is -2.25. The first-order valence-electron chi connectivity index (χ1n) is 8.12. The van der Waals surface area contributed by atoms with Gasteiger partial charge in [-0.3, -0.25) is 9.59 Å². The highest BCUT2D eigenvalue weighted by Gasteiger charge is 2.44. The molecule has 7 heteroatoms. The predicted octanol–water partition coefficient (Wildman–Crippen LogP) is 3.80. The predicted molar refractivity (Wildman–Crippen MR) is 106 cm³/mol. The van der Waals surface area contributed by atoms with Crippen LogP contribution in [0, 0.1) is 5.92 Å². The van der Waals surface area contributed by atoms with Gasteiger partial charge < -0.3 is 9.84 Å². The highest BCUT2D eigenvalue weighted by atomic mass is 79.9. The van der Waals surface area contributed by atoms with Crippen LogP contribution >= 0.6 is 31.9 Å². The summed E-state index contributed by atoms with van der Waals surface area (Å²) < 4.78 is 6.30. The number of hydrogen-bond donors (Lipinski definition) is 1. The number of ether oxygens (including phenoxy) is 1. The number of ketones is 2. The fraction of sp³-hybridized carbons (Fsp3) is 0.150. The van der Waals surface area contributed by atoms with E-state index in [2.05, 4.69) is 31.9 Å². The van der Waals surface area contributed by atoms with Gasteiger partial charge in [0.1, 0.15) is 21.2 Å². The molecule has 5 nitrogen and oxygen atoms in total. The average Bonchev–Trinajstić information content (AvgIpc) is 2.66. The molecule has 1 aromatic carbocycles. The van der Waals surface area contributed by atoms with E-state index in [4.69, 9.17) is 4.74 Å². The van der Waals surface area contributed by atoms with Crippen LogP contribution in [0.25, 0.3) is 5.57 Å². The molecular weight excluding hydrogens is 480 g/mol. The Kier molecular flexibility index (Phi) is 4.52. The lowest BCUT2D eigenvalue weighted by molar-refractivity contribution is -0.116. The SMILES string of the molecule is O=C1C=CC2=C(c3ccccc3C(=O)O)C3C=CC(=O)C(Br)C3OC2=C1Br. The van der Waals surface area contributed by atoms with Crippen molar-refractivity contribution >= 4 is 55.0 Å². The number of rotatable bonds is 2. The minimum atomic E-state index is -1.05. The van der Waals surface area contributed by atoms with Gasteiger partial charge >= 0.3 is 5.97 Å². The fourth-order valence-electron chi connectivity index (χ4n) is 3.55. The first kappa shape index (κ1) is 18.1. The Morgan fingerprint density at radius 2 is 1.85 bits per heavy atom. The maximum Gasteiger partial charge on any atom is 0.336 e. The Labute approximate surface area is 171 Å². The van der Waals surface area contributed by atoms with Gasteiger partial charge in [-0.1, -0.05) is 40.2 Å². The van der Waals surface area contributed by atoms with Gasteiger partial charge in [-0.05, 0) is 51.4 Å². The van der Waals surface area contributed by atoms with Crippen molar-refractivity contribution in [2.45, 2.75) is 10.9 Å². The quantitative estimate of drug-likeness (QED) is 0.636. The van der Waals surface area contributed by atoms with Gasteiger partial charge in [-0.15, -0.1) is 0 Å². The largest absolute Gasteiger partial charge is 0.486 e. The molecule has 3 aliphatic rings. The number of halogens is 2. The number of carbonyl (C=O) groups is 3. The Bertz CT molecular complexity index is 1010. The monoisotopic (exact) mass is 490 g/mol. The van der Waals surface area contributed by atoms with Gasteiger partial charge in [0.2, 0.25) is 0 Å². The molecule has 1 heterocycles. The van der Waals surface area contributed by atoms with Crippen LogP contribution in [0.5, 0.6) is 0 Å². The van der Waals surface area contributed by atoms with Crippen molar-refractivity contribution in [3.63, 3.8) is 0 Å². The molecule has 4 rings (SSSR count). The normalized spacial score (nSPS) is 26.7. The molecule has 2 aliphatic carbocycles. The number of allylic oxidation sites excluding steroid dienone is 4. The van der Waals surface area contributed by atoms with E-state index in [0.717, 1.165) is 0 Å². The molecule has 3 unspecified atom stereocenters. The summed E-state index contributed by atoms with van der Waals surface area (Å²) in [5, 5.41) is 9.65. The van der Waals surface area contributed by atoms with Crippen LogP contribution in [-0.2, 0) is 14.3 Å². The topological polar surface area (TPSA) is 80.7 Å². The van der Waals surface area contributed by atoms with Crippen LogP contribution < -0.4 is 0 Å². The molecule has 0 saturated heterocycles. The third kappa shape index (κ3) is 2.85. The Morgan fingerprint density at radius 3 is 2.59 bits per heavy atom. The van der Waals surface area contributed by atoms with Crippen molar-refractivity contribution in [3.05, 3.63) is 75.5 Å². The second-order valence-corrected chi connectivity index (χ2v) is 8.07. The number of carboxylic acids is 1. The van der Waals surface area contributed by atoms with E-state index in [1.54, 1.807) is 30.4 Å². The molecule has 1 aromatic rings. The van der Waals surface area contributed by atoms with E-state index >= 15 is 0 Å². The lowest BCUT2D eigenvalue weighted by Gasteiger charge is -2.40. The van der Waals surface area contributed by atoms with E-state index in [1.807, 2.05) is 0 Å². The zero-order chi connectivity index (χ0) is 19.3. The van der Waals surface area contributed by atoms with Crippen LogP contribution in [0.4, 0.5) is 0 Å². The number of carboxylic acid groups (broad SMARTS) is 1. The zero-order valence-electron chi connectivity index (χ0n) is 13.7. The van der Waals surface area contributed by atoms with E-state index < -0.39 is 16.9 Å². The molecule has 0 radical (unpaired) electrons. The molecule has 0 saturated carbocycles. The van der Waals surface area contributed by atoms with E-state index in [0.29, 0.717) is 22.5 Å². The average molecular weight is 492 g/mol. The number of benzene rings is 1. The molecule has 3 atom stereocenters. The minimum Gasteiger partial charge on any atom is -0.486 e. The summed E-state index contributed by atoms with van der Waals surface area (Å²) in [6.07, 6.45) is 5.68. The first-order chi connectivity index (χ1) is 12.9. The molecule has 136 valence electrons. The molecule has 0 spiro atoms.